The van der Waals surface area contributed by atoms with E-state index in [1.54, 1.807) is 42.6 Å². The van der Waals surface area contributed by atoms with Gasteiger partial charge in [-0.25, -0.2) is 19.7 Å². The first-order chi connectivity index (χ1) is 25.9. The van der Waals surface area contributed by atoms with Gasteiger partial charge in [0.15, 0.2) is 28.3 Å². The van der Waals surface area contributed by atoms with Crippen molar-refractivity contribution in [1.29, 1.82) is 0 Å². The zero-order valence-corrected chi connectivity index (χ0v) is 29.3. The molecule has 5 aromatic rings. The fraction of sp³-hybridized carbons (Fsp3) is 0.297. The lowest BCUT2D eigenvalue weighted by Crippen LogP contribution is -2.41. The van der Waals surface area contributed by atoms with Crippen LogP contribution in [-0.2, 0) is 18.9 Å². The van der Waals surface area contributed by atoms with Crippen LogP contribution in [0.25, 0.3) is 22.5 Å². The molecule has 0 bridgehead atoms. The van der Waals surface area contributed by atoms with Gasteiger partial charge in [0.2, 0.25) is 0 Å². The summed E-state index contributed by atoms with van der Waals surface area (Å²) in [5.41, 5.74) is 0.0794. The summed E-state index contributed by atoms with van der Waals surface area (Å²) in [4.78, 5) is 31.0. The number of alkyl halides is 6. The number of carbonyl (C=O) groups is 1. The van der Waals surface area contributed by atoms with Crippen molar-refractivity contribution in [3.63, 3.8) is 0 Å². The van der Waals surface area contributed by atoms with Crippen molar-refractivity contribution >= 4 is 34.1 Å². The second kappa shape index (κ2) is 15.5. The van der Waals surface area contributed by atoms with Crippen molar-refractivity contribution in [3.8, 4) is 34.0 Å². The Bertz CT molecular complexity index is 2120. The number of carbonyl (C=O) groups excluding carboxylic acids is 1. The van der Waals surface area contributed by atoms with E-state index >= 15 is 0 Å². The number of amides is 2. The number of aromatic nitrogens is 3. The van der Waals surface area contributed by atoms with Crippen LogP contribution in [0.5, 0.6) is 11.5 Å². The Labute approximate surface area is 309 Å². The highest BCUT2D eigenvalue weighted by Crippen LogP contribution is 2.37. The van der Waals surface area contributed by atoms with Gasteiger partial charge in [-0.3, -0.25) is 15.1 Å². The van der Waals surface area contributed by atoms with Crippen molar-refractivity contribution in [2.75, 3.05) is 54.9 Å². The molecule has 0 spiro atoms. The quantitative estimate of drug-likeness (QED) is 0.171. The fourth-order valence-electron chi connectivity index (χ4n) is 6.10. The van der Waals surface area contributed by atoms with Crippen molar-refractivity contribution < 1.29 is 40.6 Å². The smallest absolute Gasteiger partial charge is 0.416 e. The Hall–Kier alpha value is -5.42. The van der Waals surface area contributed by atoms with Gasteiger partial charge >= 0.3 is 18.4 Å². The zero-order chi connectivity index (χ0) is 37.9. The topological polar surface area (TPSA) is 105 Å². The molecule has 0 saturated carbocycles. The number of hydrogen-bond donors (Lipinski definition) is 2. The maximum absolute atomic E-state index is 13.1. The highest BCUT2D eigenvalue weighted by atomic mass is 32.1. The Morgan fingerprint density at radius 3 is 2.09 bits per heavy atom. The highest BCUT2D eigenvalue weighted by molar-refractivity contribution is 7.15. The molecular formula is C37H33F6N7O3S. The lowest BCUT2D eigenvalue weighted by Gasteiger charge is -2.28. The molecule has 0 radical (unpaired) electrons. The number of benzene rings is 2. The van der Waals surface area contributed by atoms with E-state index in [1.807, 2.05) is 0 Å². The Balaban J connectivity index is 0.000000191. The van der Waals surface area contributed by atoms with Crippen LogP contribution in [0.4, 0.5) is 47.9 Å². The molecule has 2 aromatic carbocycles. The molecule has 1 saturated heterocycles. The van der Waals surface area contributed by atoms with Crippen molar-refractivity contribution in [3.05, 3.63) is 95.0 Å². The molecule has 8 rings (SSSR count). The first-order valence-electron chi connectivity index (χ1n) is 17.0. The molecule has 2 amide bonds. The molecule has 6 heterocycles. The average Bonchev–Trinajstić information content (AvgIpc) is 3.86. The number of nitrogens with zero attached hydrogens (tertiary/aromatic N) is 5. The number of rotatable bonds is 5. The van der Waals surface area contributed by atoms with Crippen molar-refractivity contribution in [2.45, 2.75) is 31.7 Å². The van der Waals surface area contributed by atoms with E-state index in [9.17, 15) is 31.1 Å². The van der Waals surface area contributed by atoms with Crippen LogP contribution in [-0.4, -0.2) is 65.3 Å². The number of thiazole rings is 1. The first-order valence-corrected chi connectivity index (χ1v) is 17.8. The van der Waals surface area contributed by atoms with Crippen molar-refractivity contribution in [1.82, 2.24) is 19.9 Å². The molecule has 3 aliphatic rings. The summed E-state index contributed by atoms with van der Waals surface area (Å²) in [6.45, 7) is 4.68. The maximum Gasteiger partial charge on any atom is 0.416 e. The van der Waals surface area contributed by atoms with Crippen molar-refractivity contribution in [2.24, 2.45) is 0 Å². The number of anilines is 3. The Kier molecular flexibility index (Phi) is 10.6. The minimum Gasteiger partial charge on any atom is -0.488 e. The van der Waals surface area contributed by atoms with E-state index in [1.165, 1.54) is 41.2 Å². The number of nitrogens with one attached hydrogen (secondary N) is 2. The first kappa shape index (κ1) is 36.9. The number of urea groups is 1. The van der Waals surface area contributed by atoms with Crippen LogP contribution in [0.15, 0.2) is 79.0 Å². The van der Waals surface area contributed by atoms with Crippen LogP contribution >= 0.6 is 11.3 Å². The molecule has 282 valence electrons. The Morgan fingerprint density at radius 1 is 0.796 bits per heavy atom. The maximum atomic E-state index is 13.1. The second-order valence-electron chi connectivity index (χ2n) is 12.5. The van der Waals surface area contributed by atoms with Crippen LogP contribution in [0.1, 0.15) is 28.8 Å². The predicted octanol–water partition coefficient (Wildman–Crippen LogP) is 8.82. The molecule has 3 aliphatic heterocycles. The number of pyridine rings is 2. The van der Waals surface area contributed by atoms with E-state index in [0.717, 1.165) is 48.8 Å². The molecule has 54 heavy (non-hydrogen) atoms. The molecular weight excluding hydrogens is 737 g/mol. The number of ether oxygens (including phenoxy) is 2. The average molecular weight is 770 g/mol. The van der Waals surface area contributed by atoms with E-state index in [0.29, 0.717) is 58.1 Å². The Morgan fingerprint density at radius 2 is 1.43 bits per heavy atom. The summed E-state index contributed by atoms with van der Waals surface area (Å²) >= 11 is 1.43. The van der Waals surface area contributed by atoms with Crippen LogP contribution in [0.2, 0.25) is 0 Å². The van der Waals surface area contributed by atoms with Gasteiger partial charge in [-0.2, -0.15) is 26.3 Å². The molecule has 17 heteroatoms. The molecule has 10 nitrogen and oxygen atoms in total. The van der Waals surface area contributed by atoms with Crippen LogP contribution in [0.3, 0.4) is 0 Å². The third kappa shape index (κ3) is 8.68. The summed E-state index contributed by atoms with van der Waals surface area (Å²) in [6, 6.07) is 16.2. The summed E-state index contributed by atoms with van der Waals surface area (Å²) in [5.74, 6) is 1.83. The number of likely N-dealkylation sites (tertiary alicyclic amines) is 1. The summed E-state index contributed by atoms with van der Waals surface area (Å²) in [7, 11) is 0. The van der Waals surface area contributed by atoms with Gasteiger partial charge in [0.05, 0.1) is 35.6 Å². The molecule has 2 N–H and O–H groups in total. The van der Waals surface area contributed by atoms with Gasteiger partial charge in [0.25, 0.3) is 0 Å². The van der Waals surface area contributed by atoms with E-state index in [4.69, 9.17) is 9.47 Å². The van der Waals surface area contributed by atoms with Crippen LogP contribution in [0, 0.1) is 0 Å². The normalized spacial score (nSPS) is 15.5. The molecule has 1 fully saturated rings. The summed E-state index contributed by atoms with van der Waals surface area (Å²) < 4.78 is 88.5. The van der Waals surface area contributed by atoms with Crippen LogP contribution < -0.4 is 25.0 Å². The summed E-state index contributed by atoms with van der Waals surface area (Å²) in [6.07, 6.45) is -4.63. The van der Waals surface area contributed by atoms with Gasteiger partial charge in [-0.05, 0) is 74.5 Å². The van der Waals surface area contributed by atoms with E-state index in [-0.39, 0.29) is 19.0 Å². The van der Waals surface area contributed by atoms with Gasteiger partial charge in [0, 0.05) is 28.7 Å². The third-order valence-corrected chi connectivity index (χ3v) is 9.64. The number of halogens is 6. The molecule has 0 aliphatic carbocycles. The lowest BCUT2D eigenvalue weighted by molar-refractivity contribution is -0.138. The lowest BCUT2D eigenvalue weighted by atomic mass is 10.1. The minimum absolute atomic E-state index is 0.254. The predicted molar refractivity (Wildman–Crippen MR) is 192 cm³/mol. The highest BCUT2D eigenvalue weighted by Gasteiger charge is 2.32. The van der Waals surface area contributed by atoms with Gasteiger partial charge in [-0.1, -0.05) is 24.3 Å². The van der Waals surface area contributed by atoms with Gasteiger partial charge < -0.3 is 14.8 Å². The standard InChI is InChI=1S/C23H22F3N5O2S.C14H11F3N2O/c24-23(25,26)16-5-3-4-15(12-16)18-6-7-19-20(28-18)31(10-11-33-19)22(32)29-21-27-13-17(34-21)14-30-8-1-2-9-30;15-14(16,17)10-3-1-2-9(8-10)11-4-5-12-13(19-11)18-6-7-20-12/h3-7,12-13H,1-2,8-11,14H2,(H,27,29,32);1-5,8H,6-7H2,(H,18,19). The summed E-state index contributed by atoms with van der Waals surface area (Å²) in [5, 5.41) is 6.36. The monoisotopic (exact) mass is 769 g/mol. The largest absolute Gasteiger partial charge is 0.488 e. The number of hydrogen-bond acceptors (Lipinski definition) is 9. The zero-order valence-electron chi connectivity index (χ0n) is 28.5. The third-order valence-electron chi connectivity index (χ3n) is 8.74. The van der Waals surface area contributed by atoms with Gasteiger partial charge in [0.1, 0.15) is 13.2 Å². The molecule has 3 aromatic heterocycles. The van der Waals surface area contributed by atoms with E-state index in [2.05, 4.69) is 30.5 Å². The van der Waals surface area contributed by atoms with E-state index < -0.39 is 29.5 Å². The second-order valence-corrected chi connectivity index (χ2v) is 13.7. The SMILES string of the molecule is FC(F)(F)c1cccc(-c2ccc3c(n2)NCCO3)c1.O=C(Nc1ncc(CN2CCCC2)s1)N1CCOc2ccc(-c3cccc(C(F)(F)F)c3)nc21. The molecule has 0 atom stereocenters. The minimum atomic E-state index is -4.46. The molecule has 0 unspecified atom stereocenters. The number of fused-ring (bicyclic) bond motifs is 2. The fourth-order valence-corrected chi connectivity index (χ4v) is 6.95. The van der Waals surface area contributed by atoms with Gasteiger partial charge in [-0.15, -0.1) is 11.3 Å².